The summed E-state index contributed by atoms with van der Waals surface area (Å²) in [7, 11) is 4.29. The Kier molecular flexibility index (Phi) is 5.45. The molecule has 2 rings (SSSR count). The third kappa shape index (κ3) is 4.06. The minimum Gasteiger partial charge on any atom is -0.409 e. The van der Waals surface area contributed by atoms with E-state index in [2.05, 4.69) is 20.6 Å². The molecule has 3 amide bonds. The largest absolute Gasteiger partial charge is 0.422 e. The Bertz CT molecular complexity index is 742. The predicted molar refractivity (Wildman–Crippen MR) is 81.6 cm³/mol. The molecule has 0 aliphatic heterocycles. The number of imide groups is 1. The monoisotopic (exact) mass is 333 g/mol. The maximum Gasteiger partial charge on any atom is 0.422 e. The topological polar surface area (TPSA) is 119 Å². The molecule has 10 nitrogen and oxygen atoms in total. The Morgan fingerprint density at radius 3 is 2.67 bits per heavy atom. The standard InChI is InChI=1S/C14H15N5O5/c1-19(2)13(21)17-12(20)11(18-22-3)9-6-4-5-7-10(9)23-14-15-8-16-24-14/h4-8H,1-3H3,(H,17,20,21)/b18-11+. The van der Waals surface area contributed by atoms with E-state index in [9.17, 15) is 9.59 Å². The first-order valence-corrected chi connectivity index (χ1v) is 6.70. The molecule has 0 atom stereocenters. The second kappa shape index (κ2) is 7.72. The number of benzene rings is 1. The van der Waals surface area contributed by atoms with Crippen LogP contribution in [0.15, 0.2) is 40.3 Å². The summed E-state index contributed by atoms with van der Waals surface area (Å²) >= 11 is 0. The van der Waals surface area contributed by atoms with E-state index in [0.717, 1.165) is 0 Å². The molecule has 126 valence electrons. The Morgan fingerprint density at radius 2 is 2.04 bits per heavy atom. The lowest BCUT2D eigenvalue weighted by Crippen LogP contribution is -2.42. The van der Waals surface area contributed by atoms with Crippen LogP contribution >= 0.6 is 0 Å². The zero-order valence-electron chi connectivity index (χ0n) is 13.2. The third-order valence-electron chi connectivity index (χ3n) is 2.70. The van der Waals surface area contributed by atoms with E-state index in [1.807, 2.05) is 0 Å². The zero-order chi connectivity index (χ0) is 17.5. The van der Waals surface area contributed by atoms with Crippen molar-refractivity contribution in [1.82, 2.24) is 20.4 Å². The maximum absolute atomic E-state index is 12.3. The first-order chi connectivity index (χ1) is 11.5. The van der Waals surface area contributed by atoms with Crippen molar-refractivity contribution in [2.45, 2.75) is 0 Å². The van der Waals surface area contributed by atoms with Crippen molar-refractivity contribution in [3.8, 4) is 11.8 Å². The highest BCUT2D eigenvalue weighted by Gasteiger charge is 2.22. The van der Waals surface area contributed by atoms with Gasteiger partial charge in [0.15, 0.2) is 12.0 Å². The molecule has 10 heteroatoms. The number of urea groups is 1. The van der Waals surface area contributed by atoms with Gasteiger partial charge in [0.05, 0.1) is 5.56 Å². The minimum absolute atomic E-state index is 0.107. The highest BCUT2D eigenvalue weighted by atomic mass is 16.6. The average molecular weight is 333 g/mol. The number of nitrogens with zero attached hydrogens (tertiary/aromatic N) is 4. The molecular weight excluding hydrogens is 318 g/mol. The Morgan fingerprint density at radius 1 is 1.29 bits per heavy atom. The smallest absolute Gasteiger partial charge is 0.409 e. The van der Waals surface area contributed by atoms with E-state index in [0.29, 0.717) is 0 Å². The number of aromatic nitrogens is 2. The second-order valence-electron chi connectivity index (χ2n) is 4.58. The Labute approximate surface area is 137 Å². The summed E-state index contributed by atoms with van der Waals surface area (Å²) in [6.45, 7) is 0. The van der Waals surface area contributed by atoms with Crippen molar-refractivity contribution >= 4 is 17.6 Å². The molecule has 24 heavy (non-hydrogen) atoms. The summed E-state index contributed by atoms with van der Waals surface area (Å²) in [4.78, 5) is 33.7. The fourth-order valence-corrected chi connectivity index (χ4v) is 1.63. The van der Waals surface area contributed by atoms with Gasteiger partial charge in [0.1, 0.15) is 12.9 Å². The lowest BCUT2D eigenvalue weighted by atomic mass is 10.1. The molecule has 0 aliphatic carbocycles. The van der Waals surface area contributed by atoms with Crippen molar-refractivity contribution < 1.29 is 23.7 Å². The average Bonchev–Trinajstić information content (AvgIpc) is 3.06. The molecule has 0 saturated heterocycles. The molecule has 2 aromatic rings. The fraction of sp³-hybridized carbons (Fsp3) is 0.214. The number of oxime groups is 1. The van der Waals surface area contributed by atoms with E-state index in [4.69, 9.17) is 14.1 Å². The first kappa shape index (κ1) is 16.9. The van der Waals surface area contributed by atoms with Crippen LogP contribution in [0.2, 0.25) is 0 Å². The molecule has 0 unspecified atom stereocenters. The number of carbonyl (C=O) groups is 2. The third-order valence-corrected chi connectivity index (χ3v) is 2.70. The van der Waals surface area contributed by atoms with Gasteiger partial charge in [-0.05, 0) is 12.1 Å². The van der Waals surface area contributed by atoms with Crippen LogP contribution < -0.4 is 10.1 Å². The van der Waals surface area contributed by atoms with Crippen molar-refractivity contribution in [1.29, 1.82) is 0 Å². The predicted octanol–water partition coefficient (Wildman–Crippen LogP) is 1.01. The van der Waals surface area contributed by atoms with Crippen molar-refractivity contribution in [2.24, 2.45) is 5.16 Å². The normalized spacial score (nSPS) is 10.9. The highest BCUT2D eigenvalue weighted by molar-refractivity contribution is 6.47. The van der Waals surface area contributed by atoms with Crippen LogP contribution in [0.1, 0.15) is 5.56 Å². The highest BCUT2D eigenvalue weighted by Crippen LogP contribution is 2.24. The lowest BCUT2D eigenvalue weighted by molar-refractivity contribution is -0.114. The van der Waals surface area contributed by atoms with Crippen LogP contribution in [0, 0.1) is 0 Å². The van der Waals surface area contributed by atoms with Crippen molar-refractivity contribution in [3.05, 3.63) is 36.2 Å². The molecular formula is C14H15N5O5. The van der Waals surface area contributed by atoms with Crippen LogP contribution in [0.25, 0.3) is 0 Å². The number of amides is 3. The summed E-state index contributed by atoms with van der Waals surface area (Å²) < 4.78 is 10.2. The Hall–Kier alpha value is -3.43. The van der Waals surface area contributed by atoms with Gasteiger partial charge in [0.2, 0.25) is 0 Å². The van der Waals surface area contributed by atoms with Gasteiger partial charge in [-0.25, -0.2) is 4.79 Å². The quantitative estimate of drug-likeness (QED) is 0.640. The number of nitrogens with one attached hydrogen (secondary N) is 1. The number of carbonyl (C=O) groups excluding carboxylic acids is 2. The summed E-state index contributed by atoms with van der Waals surface area (Å²) in [6, 6.07) is 5.90. The number of para-hydroxylation sites is 1. The second-order valence-corrected chi connectivity index (χ2v) is 4.58. The van der Waals surface area contributed by atoms with Gasteiger partial charge < -0.3 is 14.5 Å². The van der Waals surface area contributed by atoms with E-state index >= 15 is 0 Å². The number of hydrogen-bond donors (Lipinski definition) is 1. The van der Waals surface area contributed by atoms with E-state index < -0.39 is 11.9 Å². The van der Waals surface area contributed by atoms with E-state index in [1.54, 1.807) is 24.3 Å². The van der Waals surface area contributed by atoms with E-state index in [1.165, 1.54) is 32.4 Å². The molecule has 0 aliphatic rings. The molecule has 1 aromatic heterocycles. The zero-order valence-corrected chi connectivity index (χ0v) is 13.2. The summed E-state index contributed by atoms with van der Waals surface area (Å²) in [5.41, 5.74) is 0.129. The van der Waals surface area contributed by atoms with Crippen LogP contribution in [-0.2, 0) is 9.63 Å². The van der Waals surface area contributed by atoms with Crippen LogP contribution in [0.4, 0.5) is 4.79 Å². The minimum atomic E-state index is -0.753. The van der Waals surface area contributed by atoms with Gasteiger partial charge in [0.25, 0.3) is 5.91 Å². The Balaban J connectivity index is 2.33. The van der Waals surface area contributed by atoms with Gasteiger partial charge in [0, 0.05) is 14.1 Å². The fourth-order valence-electron chi connectivity index (χ4n) is 1.63. The van der Waals surface area contributed by atoms with E-state index in [-0.39, 0.29) is 23.1 Å². The molecule has 1 aromatic carbocycles. The molecule has 0 spiro atoms. The van der Waals surface area contributed by atoms with Gasteiger partial charge in [-0.1, -0.05) is 22.4 Å². The summed E-state index contributed by atoms with van der Waals surface area (Å²) in [5, 5.41) is 9.29. The van der Waals surface area contributed by atoms with Crippen molar-refractivity contribution in [2.75, 3.05) is 21.2 Å². The van der Waals surface area contributed by atoms with Gasteiger partial charge >= 0.3 is 12.1 Å². The molecule has 0 radical (unpaired) electrons. The summed E-state index contributed by atoms with van der Waals surface area (Å²) in [5.74, 6) is -0.526. The molecule has 0 saturated carbocycles. The summed E-state index contributed by atoms with van der Waals surface area (Å²) in [6.07, 6.45) is 1.06. The first-order valence-electron chi connectivity index (χ1n) is 6.70. The molecule has 0 bridgehead atoms. The van der Waals surface area contributed by atoms with Crippen LogP contribution in [0.5, 0.6) is 11.8 Å². The molecule has 1 N–H and O–H groups in total. The SMILES string of the molecule is CO/N=C(/C(=O)NC(=O)N(C)C)c1ccccc1Oc1ncno1. The number of hydrogen-bond acceptors (Lipinski definition) is 8. The maximum atomic E-state index is 12.3. The van der Waals surface area contributed by atoms with Crippen LogP contribution in [0.3, 0.4) is 0 Å². The molecule has 0 fully saturated rings. The van der Waals surface area contributed by atoms with Crippen LogP contribution in [-0.4, -0.2) is 53.9 Å². The molecule has 1 heterocycles. The lowest BCUT2D eigenvalue weighted by Gasteiger charge is -2.13. The van der Waals surface area contributed by atoms with Gasteiger partial charge in [-0.15, -0.1) is 0 Å². The van der Waals surface area contributed by atoms with Gasteiger partial charge in [-0.2, -0.15) is 4.98 Å². The number of ether oxygens (including phenoxy) is 1. The van der Waals surface area contributed by atoms with Crippen molar-refractivity contribution in [3.63, 3.8) is 0 Å². The van der Waals surface area contributed by atoms with Gasteiger partial charge in [-0.3, -0.25) is 14.6 Å². The number of rotatable bonds is 5.